The van der Waals surface area contributed by atoms with Gasteiger partial charge in [-0.05, 0) is 28.7 Å². The van der Waals surface area contributed by atoms with Gasteiger partial charge in [0.2, 0.25) is 11.5 Å². The molecule has 22 heavy (non-hydrogen) atoms. The van der Waals surface area contributed by atoms with Crippen molar-refractivity contribution in [2.75, 3.05) is 11.9 Å². The summed E-state index contributed by atoms with van der Waals surface area (Å²) in [5, 5.41) is 11.4. The Morgan fingerprint density at radius 2 is 2.00 bits per heavy atom. The summed E-state index contributed by atoms with van der Waals surface area (Å²) in [5.74, 6) is -0.120. The Morgan fingerprint density at radius 1 is 1.27 bits per heavy atom. The highest BCUT2D eigenvalue weighted by atomic mass is 19.1. The van der Waals surface area contributed by atoms with Crippen molar-refractivity contribution in [2.24, 2.45) is 0 Å². The van der Waals surface area contributed by atoms with E-state index >= 15 is 0 Å². The molecule has 1 aromatic carbocycles. The summed E-state index contributed by atoms with van der Waals surface area (Å²) < 4.78 is 14.4. The van der Waals surface area contributed by atoms with Crippen LogP contribution in [0.2, 0.25) is 0 Å². The first-order chi connectivity index (χ1) is 10.6. The summed E-state index contributed by atoms with van der Waals surface area (Å²) in [6, 6.07) is 11.2. The highest BCUT2D eigenvalue weighted by Gasteiger charge is 2.25. The standard InChI is InChI=1S/C15H13FN4O2/c1-18(10-11-5-7-12(16)8-6-11)14-15(20(21)22)19-9-3-2-4-13(19)17-14/h2-9H,10H2,1H3. The van der Waals surface area contributed by atoms with Gasteiger partial charge in [-0.15, -0.1) is 0 Å². The SMILES string of the molecule is CN(Cc1ccc(F)cc1)c1nc2ccccn2c1[N+](=O)[O-]. The molecule has 112 valence electrons. The van der Waals surface area contributed by atoms with Crippen LogP contribution < -0.4 is 4.90 Å². The van der Waals surface area contributed by atoms with Gasteiger partial charge in [-0.1, -0.05) is 18.2 Å². The zero-order chi connectivity index (χ0) is 15.7. The van der Waals surface area contributed by atoms with Gasteiger partial charge in [0.1, 0.15) is 5.82 Å². The molecule has 0 saturated carbocycles. The first-order valence-electron chi connectivity index (χ1n) is 6.63. The van der Waals surface area contributed by atoms with Crippen molar-refractivity contribution in [2.45, 2.75) is 6.54 Å². The number of nitro groups is 1. The van der Waals surface area contributed by atoms with Gasteiger partial charge in [0.25, 0.3) is 0 Å². The van der Waals surface area contributed by atoms with E-state index in [0.717, 1.165) is 5.56 Å². The van der Waals surface area contributed by atoms with E-state index in [0.29, 0.717) is 12.2 Å². The van der Waals surface area contributed by atoms with E-state index in [1.54, 1.807) is 48.5 Å². The minimum Gasteiger partial charge on any atom is -0.358 e. The minimum atomic E-state index is -0.448. The number of fused-ring (bicyclic) bond motifs is 1. The summed E-state index contributed by atoms with van der Waals surface area (Å²) >= 11 is 0. The van der Waals surface area contributed by atoms with Gasteiger partial charge in [-0.2, -0.15) is 9.38 Å². The molecular formula is C15H13FN4O2. The van der Waals surface area contributed by atoms with Crippen LogP contribution in [0.25, 0.3) is 5.65 Å². The Bertz CT molecular complexity index is 829. The molecule has 0 bridgehead atoms. The van der Waals surface area contributed by atoms with Gasteiger partial charge < -0.3 is 15.0 Å². The first kappa shape index (κ1) is 14.0. The van der Waals surface area contributed by atoms with Crippen LogP contribution in [0.15, 0.2) is 48.7 Å². The lowest BCUT2D eigenvalue weighted by molar-refractivity contribution is -0.389. The third-order valence-electron chi connectivity index (χ3n) is 3.35. The largest absolute Gasteiger partial charge is 0.372 e. The van der Waals surface area contributed by atoms with E-state index in [-0.39, 0.29) is 17.5 Å². The van der Waals surface area contributed by atoms with Crippen LogP contribution in [0.5, 0.6) is 0 Å². The summed E-state index contributed by atoms with van der Waals surface area (Å²) in [6.07, 6.45) is 1.61. The number of hydrogen-bond acceptors (Lipinski definition) is 4. The average Bonchev–Trinajstić information content (AvgIpc) is 2.89. The fourth-order valence-corrected chi connectivity index (χ4v) is 2.33. The molecule has 0 aliphatic rings. The van der Waals surface area contributed by atoms with Crippen LogP contribution in [-0.4, -0.2) is 21.4 Å². The molecule has 6 nitrogen and oxygen atoms in total. The topological polar surface area (TPSA) is 63.7 Å². The van der Waals surface area contributed by atoms with E-state index < -0.39 is 4.92 Å². The maximum Gasteiger partial charge on any atom is 0.372 e. The second kappa shape index (κ2) is 5.44. The minimum absolute atomic E-state index is 0.0831. The summed E-state index contributed by atoms with van der Waals surface area (Å²) in [6.45, 7) is 0.394. The second-order valence-electron chi connectivity index (χ2n) is 4.93. The van der Waals surface area contributed by atoms with Crippen molar-refractivity contribution in [3.05, 3.63) is 70.2 Å². The summed E-state index contributed by atoms with van der Waals surface area (Å²) in [5.41, 5.74) is 1.35. The van der Waals surface area contributed by atoms with E-state index in [9.17, 15) is 14.5 Å². The molecule has 0 fully saturated rings. The molecule has 2 heterocycles. The molecular weight excluding hydrogens is 287 g/mol. The van der Waals surface area contributed by atoms with Crippen molar-refractivity contribution in [1.82, 2.24) is 9.38 Å². The number of aromatic nitrogens is 2. The number of halogens is 1. The first-order valence-corrected chi connectivity index (χ1v) is 6.63. The second-order valence-corrected chi connectivity index (χ2v) is 4.93. The van der Waals surface area contributed by atoms with Crippen LogP contribution in [0.3, 0.4) is 0 Å². The van der Waals surface area contributed by atoms with Crippen LogP contribution in [-0.2, 0) is 6.54 Å². The van der Waals surface area contributed by atoms with E-state index in [1.165, 1.54) is 16.5 Å². The van der Waals surface area contributed by atoms with Crippen LogP contribution >= 0.6 is 0 Å². The van der Waals surface area contributed by atoms with Gasteiger partial charge in [-0.3, -0.25) is 0 Å². The zero-order valence-electron chi connectivity index (χ0n) is 11.8. The third-order valence-corrected chi connectivity index (χ3v) is 3.35. The lowest BCUT2D eigenvalue weighted by Gasteiger charge is -2.15. The van der Waals surface area contributed by atoms with Gasteiger partial charge in [-0.25, -0.2) is 4.39 Å². The Kier molecular flexibility index (Phi) is 3.46. The van der Waals surface area contributed by atoms with Gasteiger partial charge in [0.05, 0.1) is 6.20 Å². The molecule has 0 radical (unpaired) electrons. The highest BCUT2D eigenvalue weighted by Crippen LogP contribution is 2.28. The van der Waals surface area contributed by atoms with Gasteiger partial charge in [0, 0.05) is 19.7 Å². The lowest BCUT2D eigenvalue weighted by atomic mass is 10.2. The third kappa shape index (κ3) is 2.48. The Labute approximate surface area is 125 Å². The number of nitrogens with zero attached hydrogens (tertiary/aromatic N) is 4. The molecule has 0 amide bonds. The molecule has 3 rings (SSSR count). The average molecular weight is 300 g/mol. The van der Waals surface area contributed by atoms with Gasteiger partial charge >= 0.3 is 5.82 Å². The lowest BCUT2D eigenvalue weighted by Crippen LogP contribution is -2.18. The molecule has 0 saturated heterocycles. The number of pyridine rings is 1. The van der Waals surface area contributed by atoms with Crippen molar-refractivity contribution in [3.63, 3.8) is 0 Å². The predicted octanol–water partition coefficient (Wildman–Crippen LogP) is 3.02. The van der Waals surface area contributed by atoms with Crippen LogP contribution in [0.4, 0.5) is 16.0 Å². The van der Waals surface area contributed by atoms with Crippen molar-refractivity contribution in [3.8, 4) is 0 Å². The smallest absolute Gasteiger partial charge is 0.358 e. The van der Waals surface area contributed by atoms with E-state index in [2.05, 4.69) is 4.98 Å². The molecule has 7 heteroatoms. The zero-order valence-corrected chi connectivity index (χ0v) is 11.8. The molecule has 0 spiro atoms. The van der Waals surface area contributed by atoms with E-state index in [4.69, 9.17) is 0 Å². The molecule has 0 atom stereocenters. The molecule has 0 N–H and O–H groups in total. The maximum atomic E-state index is 12.9. The van der Waals surface area contributed by atoms with E-state index in [1.807, 2.05) is 0 Å². The number of imidazole rings is 1. The normalized spacial score (nSPS) is 10.8. The van der Waals surface area contributed by atoms with Crippen molar-refractivity contribution in [1.29, 1.82) is 0 Å². The monoisotopic (exact) mass is 300 g/mol. The predicted molar refractivity (Wildman–Crippen MR) is 80.4 cm³/mol. The summed E-state index contributed by atoms with van der Waals surface area (Å²) in [7, 11) is 1.72. The quantitative estimate of drug-likeness (QED) is 0.549. The number of rotatable bonds is 4. The Morgan fingerprint density at radius 3 is 2.68 bits per heavy atom. The van der Waals surface area contributed by atoms with Crippen LogP contribution in [0.1, 0.15) is 5.56 Å². The number of anilines is 1. The van der Waals surface area contributed by atoms with Crippen molar-refractivity contribution < 1.29 is 9.31 Å². The summed E-state index contributed by atoms with van der Waals surface area (Å²) in [4.78, 5) is 16.9. The fourth-order valence-electron chi connectivity index (χ4n) is 2.33. The fraction of sp³-hybridized carbons (Fsp3) is 0.133. The highest BCUT2D eigenvalue weighted by molar-refractivity contribution is 5.63. The van der Waals surface area contributed by atoms with Crippen molar-refractivity contribution >= 4 is 17.3 Å². The maximum absolute atomic E-state index is 12.9. The number of benzene rings is 1. The molecule has 2 aromatic heterocycles. The number of hydrogen-bond donors (Lipinski definition) is 0. The molecule has 3 aromatic rings. The Hall–Kier alpha value is -2.96. The molecule has 0 aliphatic heterocycles. The molecule has 0 unspecified atom stereocenters. The Balaban J connectivity index is 1.99. The molecule has 0 aliphatic carbocycles. The van der Waals surface area contributed by atoms with Crippen LogP contribution in [0, 0.1) is 15.9 Å². The van der Waals surface area contributed by atoms with Gasteiger partial charge in [0.15, 0.2) is 0 Å².